The van der Waals surface area contributed by atoms with Crippen LogP contribution in [0.5, 0.6) is 11.6 Å². The van der Waals surface area contributed by atoms with Crippen molar-refractivity contribution in [1.82, 2.24) is 9.97 Å². The van der Waals surface area contributed by atoms with Crippen molar-refractivity contribution in [1.29, 1.82) is 0 Å². The number of rotatable bonds is 3. The number of hydrogen-bond donors (Lipinski definition) is 1. The monoisotopic (exact) mass is 265 g/mol. The highest BCUT2D eigenvalue weighted by atomic mass is 16.5. The van der Waals surface area contributed by atoms with Crippen LogP contribution in [0.1, 0.15) is 18.5 Å². The topological polar surface area (TPSA) is 61.0 Å². The second-order valence-electron chi connectivity index (χ2n) is 4.68. The maximum Gasteiger partial charge on any atom is 0.219 e. The molecule has 0 aliphatic carbocycles. The van der Waals surface area contributed by atoms with E-state index in [0.29, 0.717) is 11.6 Å². The largest absolute Gasteiger partial charge is 0.437 e. The second-order valence-corrected chi connectivity index (χ2v) is 4.68. The van der Waals surface area contributed by atoms with Gasteiger partial charge in [-0.2, -0.15) is 0 Å². The summed E-state index contributed by atoms with van der Waals surface area (Å²) in [6.45, 7) is 1.92. The van der Waals surface area contributed by atoms with Gasteiger partial charge in [0, 0.05) is 23.7 Å². The fourth-order valence-corrected chi connectivity index (χ4v) is 1.95. The van der Waals surface area contributed by atoms with E-state index in [9.17, 15) is 0 Å². The fourth-order valence-electron chi connectivity index (χ4n) is 1.95. The van der Waals surface area contributed by atoms with Gasteiger partial charge in [0.15, 0.2) is 0 Å². The lowest BCUT2D eigenvalue weighted by Gasteiger charge is -2.08. The molecule has 1 atom stereocenters. The Hall–Kier alpha value is -2.46. The first-order valence-corrected chi connectivity index (χ1v) is 6.46. The molecule has 4 heteroatoms. The first kappa shape index (κ1) is 12.6. The standard InChI is InChI=1S/C16H15N3O/c1-11(17)13-6-7-16(19-9-13)20-14-8-12-4-2-3-5-15(12)18-10-14/h2-11H,17H2,1H3/t11-/m1/s1. The van der Waals surface area contributed by atoms with E-state index in [1.807, 2.05) is 49.4 Å². The highest BCUT2D eigenvalue weighted by Gasteiger charge is 2.03. The Bertz CT molecular complexity index is 723. The summed E-state index contributed by atoms with van der Waals surface area (Å²) in [5, 5.41) is 1.04. The third-order valence-electron chi connectivity index (χ3n) is 3.07. The number of hydrogen-bond acceptors (Lipinski definition) is 4. The predicted octanol–water partition coefficient (Wildman–Crippen LogP) is 3.44. The molecule has 3 aromatic rings. The number of benzene rings is 1. The van der Waals surface area contributed by atoms with Crippen LogP contribution in [0.4, 0.5) is 0 Å². The molecule has 0 saturated heterocycles. The molecule has 0 fully saturated rings. The van der Waals surface area contributed by atoms with E-state index in [2.05, 4.69) is 9.97 Å². The Morgan fingerprint density at radius 2 is 1.90 bits per heavy atom. The maximum absolute atomic E-state index is 5.79. The molecule has 2 heterocycles. The van der Waals surface area contributed by atoms with Gasteiger partial charge in [0.1, 0.15) is 5.75 Å². The van der Waals surface area contributed by atoms with Crippen molar-refractivity contribution in [2.45, 2.75) is 13.0 Å². The number of nitrogens with zero attached hydrogens (tertiary/aromatic N) is 2. The lowest BCUT2D eigenvalue weighted by molar-refractivity contribution is 0.461. The van der Waals surface area contributed by atoms with Gasteiger partial charge in [0.2, 0.25) is 5.88 Å². The van der Waals surface area contributed by atoms with Gasteiger partial charge in [-0.05, 0) is 24.6 Å². The third kappa shape index (κ3) is 2.60. The molecular weight excluding hydrogens is 250 g/mol. The van der Waals surface area contributed by atoms with Gasteiger partial charge < -0.3 is 10.5 Å². The van der Waals surface area contributed by atoms with Gasteiger partial charge in [-0.3, -0.25) is 4.98 Å². The first-order valence-electron chi connectivity index (χ1n) is 6.46. The van der Waals surface area contributed by atoms with Crippen LogP contribution in [-0.4, -0.2) is 9.97 Å². The van der Waals surface area contributed by atoms with Gasteiger partial charge in [0.05, 0.1) is 11.7 Å². The Labute approximate surface area is 117 Å². The van der Waals surface area contributed by atoms with Crippen LogP contribution >= 0.6 is 0 Å². The Morgan fingerprint density at radius 3 is 2.65 bits per heavy atom. The van der Waals surface area contributed by atoms with Crippen molar-refractivity contribution in [2.75, 3.05) is 0 Å². The van der Waals surface area contributed by atoms with Crippen LogP contribution < -0.4 is 10.5 Å². The zero-order valence-corrected chi connectivity index (χ0v) is 11.2. The number of aromatic nitrogens is 2. The van der Waals surface area contributed by atoms with Gasteiger partial charge in [0.25, 0.3) is 0 Å². The number of fused-ring (bicyclic) bond motifs is 1. The van der Waals surface area contributed by atoms with Crippen LogP contribution in [-0.2, 0) is 0 Å². The Kier molecular flexibility index (Phi) is 3.31. The van der Waals surface area contributed by atoms with E-state index in [-0.39, 0.29) is 6.04 Å². The fraction of sp³-hybridized carbons (Fsp3) is 0.125. The average molecular weight is 265 g/mol. The lowest BCUT2D eigenvalue weighted by atomic mass is 10.2. The number of para-hydroxylation sites is 1. The minimum absolute atomic E-state index is 0.0288. The number of ether oxygens (including phenoxy) is 1. The molecule has 0 unspecified atom stereocenters. The molecule has 20 heavy (non-hydrogen) atoms. The van der Waals surface area contributed by atoms with Crippen LogP contribution in [0.2, 0.25) is 0 Å². The summed E-state index contributed by atoms with van der Waals surface area (Å²) in [4.78, 5) is 8.60. The molecule has 0 radical (unpaired) electrons. The summed E-state index contributed by atoms with van der Waals surface area (Å²) in [5.41, 5.74) is 7.71. The normalized spacial score (nSPS) is 12.3. The van der Waals surface area contributed by atoms with E-state index in [0.717, 1.165) is 16.5 Å². The van der Waals surface area contributed by atoms with Crippen molar-refractivity contribution in [3.05, 3.63) is 60.4 Å². The van der Waals surface area contributed by atoms with Crippen molar-refractivity contribution in [3.63, 3.8) is 0 Å². The summed E-state index contributed by atoms with van der Waals surface area (Å²) in [6, 6.07) is 13.6. The smallest absolute Gasteiger partial charge is 0.219 e. The molecule has 1 aromatic carbocycles. The Balaban J connectivity index is 1.85. The summed E-state index contributed by atoms with van der Waals surface area (Å²) in [7, 11) is 0. The molecule has 3 rings (SSSR count). The van der Waals surface area contributed by atoms with E-state index >= 15 is 0 Å². The molecule has 0 aliphatic heterocycles. The molecular formula is C16H15N3O. The van der Waals surface area contributed by atoms with Gasteiger partial charge >= 0.3 is 0 Å². The minimum Gasteiger partial charge on any atom is -0.437 e. The van der Waals surface area contributed by atoms with Gasteiger partial charge in [-0.1, -0.05) is 24.3 Å². The van der Waals surface area contributed by atoms with Crippen LogP contribution in [0, 0.1) is 0 Å². The molecule has 0 aliphatic rings. The minimum atomic E-state index is -0.0288. The van der Waals surface area contributed by atoms with Gasteiger partial charge in [-0.15, -0.1) is 0 Å². The van der Waals surface area contributed by atoms with Crippen molar-refractivity contribution >= 4 is 10.9 Å². The van der Waals surface area contributed by atoms with Crippen LogP contribution in [0.15, 0.2) is 54.9 Å². The summed E-state index contributed by atoms with van der Waals surface area (Å²) < 4.78 is 5.71. The zero-order chi connectivity index (χ0) is 13.9. The highest BCUT2D eigenvalue weighted by Crippen LogP contribution is 2.23. The maximum atomic E-state index is 5.79. The second kappa shape index (κ2) is 5.27. The SMILES string of the molecule is C[C@@H](N)c1ccc(Oc2cnc3ccccc3c2)nc1. The van der Waals surface area contributed by atoms with Crippen molar-refractivity contribution < 1.29 is 4.74 Å². The highest BCUT2D eigenvalue weighted by molar-refractivity contribution is 5.79. The molecule has 4 nitrogen and oxygen atoms in total. The molecule has 0 amide bonds. The van der Waals surface area contributed by atoms with E-state index in [1.165, 1.54) is 0 Å². The van der Waals surface area contributed by atoms with Crippen molar-refractivity contribution in [3.8, 4) is 11.6 Å². The predicted molar refractivity (Wildman–Crippen MR) is 78.7 cm³/mol. The lowest BCUT2D eigenvalue weighted by Crippen LogP contribution is -2.05. The molecule has 2 aromatic heterocycles. The number of nitrogens with two attached hydrogens (primary N) is 1. The summed E-state index contributed by atoms with van der Waals surface area (Å²) in [6.07, 6.45) is 3.43. The summed E-state index contributed by atoms with van der Waals surface area (Å²) >= 11 is 0. The first-order chi connectivity index (χ1) is 9.72. The average Bonchev–Trinajstić information content (AvgIpc) is 2.48. The third-order valence-corrected chi connectivity index (χ3v) is 3.07. The quantitative estimate of drug-likeness (QED) is 0.788. The molecule has 2 N–H and O–H groups in total. The molecule has 0 bridgehead atoms. The number of pyridine rings is 2. The molecule has 0 spiro atoms. The van der Waals surface area contributed by atoms with E-state index in [1.54, 1.807) is 12.4 Å². The van der Waals surface area contributed by atoms with Gasteiger partial charge in [-0.25, -0.2) is 4.98 Å². The van der Waals surface area contributed by atoms with E-state index in [4.69, 9.17) is 10.5 Å². The molecule has 0 saturated carbocycles. The van der Waals surface area contributed by atoms with E-state index < -0.39 is 0 Å². The van der Waals surface area contributed by atoms with Crippen molar-refractivity contribution in [2.24, 2.45) is 5.73 Å². The molecule has 100 valence electrons. The Morgan fingerprint density at radius 1 is 1.05 bits per heavy atom. The van der Waals surface area contributed by atoms with Crippen LogP contribution in [0.25, 0.3) is 10.9 Å². The van der Waals surface area contributed by atoms with Crippen LogP contribution in [0.3, 0.4) is 0 Å². The summed E-state index contributed by atoms with van der Waals surface area (Å²) in [5.74, 6) is 1.20. The zero-order valence-electron chi connectivity index (χ0n) is 11.2.